The van der Waals surface area contributed by atoms with Crippen molar-refractivity contribution in [2.75, 3.05) is 19.5 Å². The molecule has 26 heavy (non-hydrogen) atoms. The third kappa shape index (κ3) is 3.88. The van der Waals surface area contributed by atoms with Crippen molar-refractivity contribution in [3.63, 3.8) is 0 Å². The summed E-state index contributed by atoms with van der Waals surface area (Å²) in [5, 5.41) is 5.01. The lowest BCUT2D eigenvalue weighted by Crippen LogP contribution is -2.30. The van der Waals surface area contributed by atoms with Gasteiger partial charge < -0.3 is 19.5 Å². The number of carbonyl (C=O) groups excluding carboxylic acids is 1. The summed E-state index contributed by atoms with van der Waals surface area (Å²) in [4.78, 5) is 12.5. The van der Waals surface area contributed by atoms with Gasteiger partial charge in [-0.15, -0.1) is 0 Å². The highest BCUT2D eigenvalue weighted by Crippen LogP contribution is 2.29. The topological polar surface area (TPSA) is 56.8 Å². The molecule has 1 N–H and O–H groups in total. The number of fused-ring (bicyclic) bond motifs is 1. The minimum absolute atomic E-state index is 0.273. The smallest absolute Gasteiger partial charge is 0.265 e. The van der Waals surface area contributed by atoms with Crippen molar-refractivity contribution >= 4 is 22.4 Å². The van der Waals surface area contributed by atoms with Crippen LogP contribution in [-0.4, -0.2) is 26.2 Å². The molecule has 5 heteroatoms. The highest BCUT2D eigenvalue weighted by Gasteiger charge is 2.17. The van der Waals surface area contributed by atoms with Gasteiger partial charge in [0.15, 0.2) is 6.10 Å². The SMILES string of the molecule is COc1ccc(OC)c(NC(=O)C(C)Oc2ccc3ccccc3c2)c1. The Bertz CT molecular complexity index is 923. The average molecular weight is 351 g/mol. The molecular formula is C21H21NO4. The van der Waals surface area contributed by atoms with E-state index in [-0.39, 0.29) is 5.91 Å². The third-order valence-electron chi connectivity index (χ3n) is 4.07. The van der Waals surface area contributed by atoms with Crippen molar-refractivity contribution in [3.8, 4) is 17.2 Å². The van der Waals surface area contributed by atoms with E-state index < -0.39 is 6.10 Å². The summed E-state index contributed by atoms with van der Waals surface area (Å²) in [6.45, 7) is 1.71. The van der Waals surface area contributed by atoms with Gasteiger partial charge in [0.05, 0.1) is 19.9 Å². The van der Waals surface area contributed by atoms with Crippen LogP contribution in [0.1, 0.15) is 6.92 Å². The minimum atomic E-state index is -0.674. The van der Waals surface area contributed by atoms with Gasteiger partial charge >= 0.3 is 0 Å². The maximum Gasteiger partial charge on any atom is 0.265 e. The van der Waals surface area contributed by atoms with E-state index in [0.717, 1.165) is 10.8 Å². The van der Waals surface area contributed by atoms with E-state index in [0.29, 0.717) is 22.9 Å². The van der Waals surface area contributed by atoms with Gasteiger partial charge in [0.2, 0.25) is 0 Å². The number of anilines is 1. The van der Waals surface area contributed by atoms with Crippen LogP contribution in [0.15, 0.2) is 60.7 Å². The lowest BCUT2D eigenvalue weighted by atomic mass is 10.1. The molecule has 3 rings (SSSR count). The molecule has 0 saturated heterocycles. The molecule has 1 atom stereocenters. The maximum atomic E-state index is 12.5. The fourth-order valence-electron chi connectivity index (χ4n) is 2.64. The Morgan fingerprint density at radius 3 is 2.35 bits per heavy atom. The zero-order chi connectivity index (χ0) is 18.5. The van der Waals surface area contributed by atoms with Gasteiger partial charge in [-0.05, 0) is 42.0 Å². The normalized spacial score (nSPS) is 11.7. The molecular weight excluding hydrogens is 330 g/mol. The summed E-state index contributed by atoms with van der Waals surface area (Å²) in [7, 11) is 3.12. The summed E-state index contributed by atoms with van der Waals surface area (Å²) in [6, 6.07) is 19.0. The largest absolute Gasteiger partial charge is 0.497 e. The van der Waals surface area contributed by atoms with Crippen LogP contribution in [0.25, 0.3) is 10.8 Å². The van der Waals surface area contributed by atoms with Gasteiger partial charge in [0, 0.05) is 6.07 Å². The molecule has 0 saturated carbocycles. The fraction of sp³-hybridized carbons (Fsp3) is 0.190. The van der Waals surface area contributed by atoms with E-state index in [9.17, 15) is 4.79 Å². The number of amides is 1. The van der Waals surface area contributed by atoms with E-state index in [1.807, 2.05) is 42.5 Å². The van der Waals surface area contributed by atoms with Crippen LogP contribution in [0.2, 0.25) is 0 Å². The number of benzene rings is 3. The molecule has 0 fully saturated rings. The molecule has 0 heterocycles. The number of methoxy groups -OCH3 is 2. The summed E-state index contributed by atoms with van der Waals surface area (Å²) < 4.78 is 16.3. The first-order valence-electron chi connectivity index (χ1n) is 8.29. The first-order valence-corrected chi connectivity index (χ1v) is 8.29. The first kappa shape index (κ1) is 17.6. The lowest BCUT2D eigenvalue weighted by Gasteiger charge is -2.17. The minimum Gasteiger partial charge on any atom is -0.497 e. The van der Waals surface area contributed by atoms with Crippen LogP contribution in [0.4, 0.5) is 5.69 Å². The van der Waals surface area contributed by atoms with Gasteiger partial charge in [-0.2, -0.15) is 0 Å². The first-order chi connectivity index (χ1) is 12.6. The van der Waals surface area contributed by atoms with E-state index in [1.165, 1.54) is 0 Å². The van der Waals surface area contributed by atoms with E-state index in [1.54, 1.807) is 39.3 Å². The number of hydrogen-bond donors (Lipinski definition) is 1. The number of ether oxygens (including phenoxy) is 3. The van der Waals surface area contributed by atoms with Gasteiger partial charge in [-0.3, -0.25) is 4.79 Å². The summed E-state index contributed by atoms with van der Waals surface area (Å²) in [5.41, 5.74) is 0.533. The van der Waals surface area contributed by atoms with Gasteiger partial charge in [-0.25, -0.2) is 0 Å². The van der Waals surface area contributed by atoms with Crippen molar-refractivity contribution in [1.29, 1.82) is 0 Å². The molecule has 0 aromatic heterocycles. The zero-order valence-electron chi connectivity index (χ0n) is 15.0. The molecule has 3 aromatic rings. The molecule has 1 unspecified atom stereocenters. The monoisotopic (exact) mass is 351 g/mol. The second-order valence-electron chi connectivity index (χ2n) is 5.82. The molecule has 0 aliphatic heterocycles. The van der Waals surface area contributed by atoms with Crippen molar-refractivity contribution in [1.82, 2.24) is 0 Å². The van der Waals surface area contributed by atoms with Gasteiger partial charge in [0.25, 0.3) is 5.91 Å². The zero-order valence-corrected chi connectivity index (χ0v) is 15.0. The van der Waals surface area contributed by atoms with E-state index >= 15 is 0 Å². The fourth-order valence-corrected chi connectivity index (χ4v) is 2.64. The Hall–Kier alpha value is -3.21. The Balaban J connectivity index is 1.73. The Morgan fingerprint density at radius 2 is 1.62 bits per heavy atom. The van der Waals surface area contributed by atoms with Gasteiger partial charge in [-0.1, -0.05) is 30.3 Å². The number of carbonyl (C=O) groups is 1. The average Bonchev–Trinajstić information content (AvgIpc) is 2.67. The number of nitrogens with one attached hydrogen (secondary N) is 1. The highest BCUT2D eigenvalue weighted by atomic mass is 16.5. The summed E-state index contributed by atoms with van der Waals surface area (Å²) >= 11 is 0. The molecule has 0 spiro atoms. The van der Waals surface area contributed by atoms with Crippen molar-refractivity contribution < 1.29 is 19.0 Å². The predicted molar refractivity (Wildman–Crippen MR) is 102 cm³/mol. The van der Waals surface area contributed by atoms with Gasteiger partial charge in [0.1, 0.15) is 17.2 Å². The second kappa shape index (κ2) is 7.78. The van der Waals surface area contributed by atoms with Crippen LogP contribution in [0, 0.1) is 0 Å². The molecule has 134 valence electrons. The number of hydrogen-bond acceptors (Lipinski definition) is 4. The van der Waals surface area contributed by atoms with Crippen LogP contribution >= 0.6 is 0 Å². The molecule has 0 radical (unpaired) electrons. The quantitative estimate of drug-likeness (QED) is 0.721. The van der Waals surface area contributed by atoms with Crippen LogP contribution in [0.3, 0.4) is 0 Å². The lowest BCUT2D eigenvalue weighted by molar-refractivity contribution is -0.122. The summed E-state index contributed by atoms with van der Waals surface area (Å²) in [5.74, 6) is 1.55. The second-order valence-corrected chi connectivity index (χ2v) is 5.82. The standard InChI is InChI=1S/C21H21NO4/c1-14(26-18-9-8-15-6-4-5-7-16(15)12-18)21(23)22-19-13-17(24-2)10-11-20(19)25-3/h4-14H,1-3H3,(H,22,23). The third-order valence-corrected chi connectivity index (χ3v) is 4.07. The number of rotatable bonds is 6. The van der Waals surface area contributed by atoms with Crippen LogP contribution < -0.4 is 19.5 Å². The van der Waals surface area contributed by atoms with Crippen LogP contribution in [-0.2, 0) is 4.79 Å². The van der Waals surface area contributed by atoms with E-state index in [2.05, 4.69) is 5.32 Å². The molecule has 5 nitrogen and oxygen atoms in total. The molecule has 0 aliphatic carbocycles. The Kier molecular flexibility index (Phi) is 5.27. The van der Waals surface area contributed by atoms with Crippen molar-refractivity contribution in [3.05, 3.63) is 60.7 Å². The molecule has 0 bridgehead atoms. The Morgan fingerprint density at radius 1 is 0.885 bits per heavy atom. The van der Waals surface area contributed by atoms with Crippen molar-refractivity contribution in [2.45, 2.75) is 13.0 Å². The molecule has 0 aliphatic rings. The highest BCUT2D eigenvalue weighted by molar-refractivity contribution is 5.95. The summed E-state index contributed by atoms with van der Waals surface area (Å²) in [6.07, 6.45) is -0.674. The van der Waals surface area contributed by atoms with E-state index in [4.69, 9.17) is 14.2 Å². The molecule has 3 aromatic carbocycles. The maximum absolute atomic E-state index is 12.5. The molecule has 1 amide bonds. The van der Waals surface area contributed by atoms with Crippen LogP contribution in [0.5, 0.6) is 17.2 Å². The van der Waals surface area contributed by atoms with Crippen molar-refractivity contribution in [2.24, 2.45) is 0 Å². The Labute approximate surface area is 152 Å². The predicted octanol–water partition coefficient (Wildman–Crippen LogP) is 4.26.